The van der Waals surface area contributed by atoms with Crippen molar-refractivity contribution in [1.82, 2.24) is 10.3 Å². The largest absolute Gasteiger partial charge is 0.351 e. The van der Waals surface area contributed by atoms with Crippen molar-refractivity contribution < 1.29 is 4.79 Å². The number of nitrogens with one attached hydrogen (secondary N) is 2. The lowest BCUT2D eigenvalue weighted by Gasteiger charge is -2.41. The first-order chi connectivity index (χ1) is 11.3. The van der Waals surface area contributed by atoms with Gasteiger partial charge in [-0.3, -0.25) is 4.79 Å². The zero-order valence-corrected chi connectivity index (χ0v) is 13.0. The van der Waals surface area contributed by atoms with Crippen LogP contribution in [0.5, 0.6) is 0 Å². The molecule has 2 N–H and O–H groups in total. The Morgan fingerprint density at radius 2 is 2.13 bits per heavy atom. The minimum Gasteiger partial charge on any atom is -0.351 e. The number of carbonyl (C=O) groups is 1. The molecule has 2 aliphatic rings. The standard InChI is InChI=1S/C18H20N4O/c23-18(13-4-2-1-3-5-13)21-16-8-9-20-17-15(16)7-6-14-12-19-10-11-22(14)17/h1-5,8-9,14,19H,6-7,10-12H2,(H,20,21,23)/t14-/m1/s1. The van der Waals surface area contributed by atoms with E-state index < -0.39 is 0 Å². The van der Waals surface area contributed by atoms with Gasteiger partial charge in [0, 0.05) is 48.7 Å². The summed E-state index contributed by atoms with van der Waals surface area (Å²) >= 11 is 0. The maximum atomic E-state index is 12.4. The van der Waals surface area contributed by atoms with E-state index >= 15 is 0 Å². The fourth-order valence-electron chi connectivity index (χ4n) is 3.49. The molecule has 0 spiro atoms. The van der Waals surface area contributed by atoms with E-state index in [4.69, 9.17) is 0 Å². The SMILES string of the molecule is O=C(Nc1ccnc2c1CC[C@@H]1CNCCN21)c1ccccc1. The van der Waals surface area contributed by atoms with E-state index in [1.807, 2.05) is 36.4 Å². The highest BCUT2D eigenvalue weighted by Gasteiger charge is 2.30. The summed E-state index contributed by atoms with van der Waals surface area (Å²) in [5.41, 5.74) is 2.73. The molecule has 0 saturated carbocycles. The number of amides is 1. The van der Waals surface area contributed by atoms with Crippen molar-refractivity contribution in [1.29, 1.82) is 0 Å². The maximum Gasteiger partial charge on any atom is 0.255 e. The number of carbonyl (C=O) groups excluding carboxylic acids is 1. The Hall–Kier alpha value is -2.40. The average Bonchev–Trinajstić information content (AvgIpc) is 2.62. The predicted molar refractivity (Wildman–Crippen MR) is 91.0 cm³/mol. The third-order valence-corrected chi connectivity index (χ3v) is 4.67. The minimum atomic E-state index is -0.0681. The van der Waals surface area contributed by atoms with Crippen LogP contribution < -0.4 is 15.5 Å². The first-order valence-electron chi connectivity index (χ1n) is 8.14. The number of anilines is 2. The van der Waals surface area contributed by atoms with Gasteiger partial charge >= 0.3 is 0 Å². The lowest BCUT2D eigenvalue weighted by molar-refractivity contribution is 0.102. The molecule has 2 aromatic rings. The lowest BCUT2D eigenvalue weighted by atomic mass is 9.96. The van der Waals surface area contributed by atoms with E-state index in [0.717, 1.165) is 49.5 Å². The second kappa shape index (κ2) is 6.01. The molecule has 0 radical (unpaired) electrons. The Labute approximate surface area is 135 Å². The lowest BCUT2D eigenvalue weighted by Crippen LogP contribution is -2.53. The number of aromatic nitrogens is 1. The molecule has 1 atom stereocenters. The number of nitrogens with zero attached hydrogens (tertiary/aromatic N) is 2. The van der Waals surface area contributed by atoms with Gasteiger partial charge < -0.3 is 15.5 Å². The van der Waals surface area contributed by atoms with Crippen LogP contribution >= 0.6 is 0 Å². The van der Waals surface area contributed by atoms with Crippen molar-refractivity contribution >= 4 is 17.4 Å². The van der Waals surface area contributed by atoms with Crippen LogP contribution in [-0.4, -0.2) is 36.6 Å². The van der Waals surface area contributed by atoms with E-state index in [2.05, 4.69) is 20.5 Å². The van der Waals surface area contributed by atoms with E-state index in [-0.39, 0.29) is 5.91 Å². The summed E-state index contributed by atoms with van der Waals surface area (Å²) in [6, 6.07) is 11.7. The summed E-state index contributed by atoms with van der Waals surface area (Å²) in [6.07, 6.45) is 3.85. The molecule has 5 heteroatoms. The fraction of sp³-hybridized carbons (Fsp3) is 0.333. The van der Waals surface area contributed by atoms with Gasteiger partial charge in [-0.25, -0.2) is 4.98 Å². The molecule has 0 unspecified atom stereocenters. The van der Waals surface area contributed by atoms with Crippen LogP contribution in [0.25, 0.3) is 0 Å². The van der Waals surface area contributed by atoms with Crippen LogP contribution in [0.15, 0.2) is 42.6 Å². The molecule has 5 nitrogen and oxygen atoms in total. The van der Waals surface area contributed by atoms with Gasteiger partial charge in [0.15, 0.2) is 0 Å². The van der Waals surface area contributed by atoms with E-state index in [1.165, 1.54) is 0 Å². The van der Waals surface area contributed by atoms with Gasteiger partial charge in [0.2, 0.25) is 0 Å². The number of pyridine rings is 1. The van der Waals surface area contributed by atoms with Crippen LogP contribution in [0.4, 0.5) is 11.5 Å². The van der Waals surface area contributed by atoms with Gasteiger partial charge in [-0.2, -0.15) is 0 Å². The van der Waals surface area contributed by atoms with E-state index in [0.29, 0.717) is 11.6 Å². The molecule has 3 heterocycles. The number of fused-ring (bicyclic) bond motifs is 3. The average molecular weight is 308 g/mol. The summed E-state index contributed by atoms with van der Waals surface area (Å²) in [5, 5.41) is 6.50. The zero-order valence-electron chi connectivity index (χ0n) is 13.0. The number of hydrogen-bond donors (Lipinski definition) is 2. The van der Waals surface area contributed by atoms with Gasteiger partial charge in [-0.15, -0.1) is 0 Å². The normalized spacial score (nSPS) is 19.7. The summed E-state index contributed by atoms with van der Waals surface area (Å²) in [7, 11) is 0. The van der Waals surface area contributed by atoms with E-state index in [9.17, 15) is 4.79 Å². The molecule has 4 rings (SSSR count). The third kappa shape index (κ3) is 2.68. The topological polar surface area (TPSA) is 57.3 Å². The number of piperazine rings is 1. The summed E-state index contributed by atoms with van der Waals surface area (Å²) in [4.78, 5) is 19.4. The first-order valence-corrected chi connectivity index (χ1v) is 8.14. The summed E-state index contributed by atoms with van der Waals surface area (Å²) < 4.78 is 0. The van der Waals surface area contributed by atoms with Crippen LogP contribution in [0, 0.1) is 0 Å². The zero-order chi connectivity index (χ0) is 15.6. The predicted octanol–water partition coefficient (Wildman–Crippen LogP) is 2.06. The maximum absolute atomic E-state index is 12.4. The van der Waals surface area contributed by atoms with Crippen LogP contribution in [0.3, 0.4) is 0 Å². The third-order valence-electron chi connectivity index (χ3n) is 4.67. The molecular weight excluding hydrogens is 288 g/mol. The number of rotatable bonds is 2. The fourth-order valence-corrected chi connectivity index (χ4v) is 3.49. The Kier molecular flexibility index (Phi) is 3.71. The molecule has 2 aliphatic heterocycles. The van der Waals surface area contributed by atoms with Crippen LogP contribution in [-0.2, 0) is 6.42 Å². The minimum absolute atomic E-state index is 0.0681. The number of hydrogen-bond acceptors (Lipinski definition) is 4. The molecule has 1 saturated heterocycles. The van der Waals surface area contributed by atoms with Gasteiger partial charge in [0.05, 0.1) is 0 Å². The highest BCUT2D eigenvalue weighted by atomic mass is 16.1. The molecule has 1 amide bonds. The molecule has 0 bridgehead atoms. The van der Waals surface area contributed by atoms with Gasteiger partial charge in [0.25, 0.3) is 5.91 Å². The second-order valence-corrected chi connectivity index (χ2v) is 6.07. The summed E-state index contributed by atoms with van der Waals surface area (Å²) in [6.45, 7) is 2.97. The van der Waals surface area contributed by atoms with Gasteiger partial charge in [-0.05, 0) is 31.0 Å². The van der Waals surface area contributed by atoms with E-state index in [1.54, 1.807) is 6.20 Å². The molecule has 1 aromatic heterocycles. The van der Waals surface area contributed by atoms with Crippen LogP contribution in [0.1, 0.15) is 22.3 Å². The highest BCUT2D eigenvalue weighted by Crippen LogP contribution is 2.34. The van der Waals surface area contributed by atoms with Gasteiger partial charge in [-0.1, -0.05) is 18.2 Å². The van der Waals surface area contributed by atoms with Crippen molar-refractivity contribution in [2.24, 2.45) is 0 Å². The first kappa shape index (κ1) is 14.2. The molecule has 23 heavy (non-hydrogen) atoms. The Morgan fingerprint density at radius 1 is 1.26 bits per heavy atom. The van der Waals surface area contributed by atoms with Crippen molar-refractivity contribution in [2.75, 3.05) is 29.9 Å². The highest BCUT2D eigenvalue weighted by molar-refractivity contribution is 6.04. The quantitative estimate of drug-likeness (QED) is 0.891. The Balaban J connectivity index is 1.62. The Bertz CT molecular complexity index is 716. The molecule has 118 valence electrons. The van der Waals surface area contributed by atoms with Crippen molar-refractivity contribution in [3.8, 4) is 0 Å². The monoisotopic (exact) mass is 308 g/mol. The Morgan fingerprint density at radius 3 is 3.00 bits per heavy atom. The molecule has 0 aliphatic carbocycles. The van der Waals surface area contributed by atoms with Crippen molar-refractivity contribution in [3.63, 3.8) is 0 Å². The molecular formula is C18H20N4O. The van der Waals surface area contributed by atoms with Crippen molar-refractivity contribution in [2.45, 2.75) is 18.9 Å². The van der Waals surface area contributed by atoms with Crippen LogP contribution in [0.2, 0.25) is 0 Å². The number of benzene rings is 1. The van der Waals surface area contributed by atoms with Crippen molar-refractivity contribution in [3.05, 3.63) is 53.7 Å². The van der Waals surface area contributed by atoms with Gasteiger partial charge in [0.1, 0.15) is 5.82 Å². The second-order valence-electron chi connectivity index (χ2n) is 6.07. The molecule has 1 aromatic carbocycles. The smallest absolute Gasteiger partial charge is 0.255 e. The summed E-state index contributed by atoms with van der Waals surface area (Å²) in [5.74, 6) is 0.968. The molecule has 1 fully saturated rings.